The van der Waals surface area contributed by atoms with Crippen LogP contribution in [0, 0.1) is 0 Å². The highest BCUT2D eigenvalue weighted by molar-refractivity contribution is 5.61. The summed E-state index contributed by atoms with van der Waals surface area (Å²) in [6, 6.07) is 0. The van der Waals surface area contributed by atoms with Gasteiger partial charge in [-0.1, -0.05) is 6.08 Å². The van der Waals surface area contributed by atoms with Crippen LogP contribution >= 0.6 is 0 Å². The van der Waals surface area contributed by atoms with Crippen LogP contribution in [0.25, 0.3) is 6.08 Å². The first-order valence-electron chi connectivity index (χ1n) is 6.10. The third-order valence-electron chi connectivity index (χ3n) is 2.62. The predicted molar refractivity (Wildman–Crippen MR) is 67.8 cm³/mol. The maximum Gasteiger partial charge on any atom is 0.451 e. The number of allylic oxidation sites excluding steroid dienone is 1. The minimum absolute atomic E-state index is 0.286. The van der Waals surface area contributed by atoms with Gasteiger partial charge in [-0.05, 0) is 39.7 Å². The van der Waals surface area contributed by atoms with Crippen molar-refractivity contribution in [1.29, 1.82) is 0 Å². The van der Waals surface area contributed by atoms with E-state index in [0.29, 0.717) is 12.1 Å². The van der Waals surface area contributed by atoms with Gasteiger partial charge in [-0.2, -0.15) is 13.2 Å². The predicted octanol–water partition coefficient (Wildman–Crippen LogP) is 3.67. The molecule has 1 N–H and O–H groups in total. The maximum atomic E-state index is 12.8. The van der Waals surface area contributed by atoms with Gasteiger partial charge in [-0.25, -0.2) is 9.97 Å². The number of hydrogen-bond acceptors (Lipinski definition) is 3. The van der Waals surface area contributed by atoms with E-state index in [-0.39, 0.29) is 11.4 Å². The van der Waals surface area contributed by atoms with Gasteiger partial charge < -0.3 is 5.32 Å². The molecule has 0 aliphatic heterocycles. The van der Waals surface area contributed by atoms with Gasteiger partial charge in [0.2, 0.25) is 5.82 Å². The van der Waals surface area contributed by atoms with Crippen molar-refractivity contribution < 1.29 is 13.2 Å². The molecule has 1 aliphatic rings. The monoisotopic (exact) mass is 271 g/mol. The molecule has 0 unspecified atom stereocenters. The molecule has 0 saturated carbocycles. The van der Waals surface area contributed by atoms with Gasteiger partial charge in [-0.15, -0.1) is 0 Å². The fraction of sp³-hybridized carbons (Fsp3) is 0.538. The van der Waals surface area contributed by atoms with E-state index < -0.39 is 12.0 Å². The van der Waals surface area contributed by atoms with Crippen LogP contribution in [0.4, 0.5) is 19.0 Å². The summed E-state index contributed by atoms with van der Waals surface area (Å²) < 4.78 is 38.4. The summed E-state index contributed by atoms with van der Waals surface area (Å²) in [7, 11) is 0. The van der Waals surface area contributed by atoms with Crippen molar-refractivity contribution in [2.45, 2.75) is 45.3 Å². The summed E-state index contributed by atoms with van der Waals surface area (Å²) in [5.74, 6) is -0.807. The maximum absolute atomic E-state index is 12.8. The first-order valence-corrected chi connectivity index (χ1v) is 6.10. The molecule has 1 heterocycles. The van der Waals surface area contributed by atoms with Crippen molar-refractivity contribution in [3.05, 3.63) is 23.2 Å². The molecule has 0 bridgehead atoms. The Balaban J connectivity index is 2.54. The van der Waals surface area contributed by atoms with E-state index in [1.165, 1.54) is 0 Å². The zero-order valence-electron chi connectivity index (χ0n) is 11.1. The number of hydrogen-bond donors (Lipinski definition) is 1. The van der Waals surface area contributed by atoms with Crippen LogP contribution in [-0.2, 0) is 12.6 Å². The Bertz CT molecular complexity index is 513. The van der Waals surface area contributed by atoms with Crippen LogP contribution in [0.2, 0.25) is 0 Å². The lowest BCUT2D eigenvalue weighted by Gasteiger charge is -2.25. The molecule has 0 radical (unpaired) electrons. The molecule has 19 heavy (non-hydrogen) atoms. The molecule has 6 heteroatoms. The van der Waals surface area contributed by atoms with E-state index >= 15 is 0 Å². The number of rotatable bonds is 1. The number of nitrogens with zero attached hydrogens (tertiary/aromatic N) is 2. The SMILES string of the molecule is CC(C)(C)Nc1nc(C(F)(F)F)nc2c1CCC=C2. The quantitative estimate of drug-likeness (QED) is 0.847. The van der Waals surface area contributed by atoms with E-state index in [2.05, 4.69) is 15.3 Å². The highest BCUT2D eigenvalue weighted by Gasteiger charge is 2.36. The van der Waals surface area contributed by atoms with Gasteiger partial charge in [0.15, 0.2) is 0 Å². The molecular weight excluding hydrogens is 255 g/mol. The van der Waals surface area contributed by atoms with Gasteiger partial charge in [0, 0.05) is 11.1 Å². The van der Waals surface area contributed by atoms with Crippen molar-refractivity contribution in [1.82, 2.24) is 9.97 Å². The lowest BCUT2D eigenvalue weighted by atomic mass is 10.0. The normalized spacial score (nSPS) is 15.3. The molecule has 0 spiro atoms. The molecule has 104 valence electrons. The summed E-state index contributed by atoms with van der Waals surface area (Å²) in [6.45, 7) is 5.65. The summed E-state index contributed by atoms with van der Waals surface area (Å²) in [5, 5.41) is 3.04. The van der Waals surface area contributed by atoms with Crippen LogP contribution < -0.4 is 5.32 Å². The van der Waals surface area contributed by atoms with Crippen LogP contribution in [0.5, 0.6) is 0 Å². The Hall–Kier alpha value is -1.59. The fourth-order valence-electron chi connectivity index (χ4n) is 1.89. The molecule has 1 aromatic heterocycles. The van der Waals surface area contributed by atoms with Gasteiger partial charge in [0.05, 0.1) is 5.69 Å². The van der Waals surface area contributed by atoms with Crippen molar-refractivity contribution in [3.63, 3.8) is 0 Å². The minimum atomic E-state index is -4.53. The molecule has 0 fully saturated rings. The average molecular weight is 271 g/mol. The molecule has 0 aromatic carbocycles. The third-order valence-corrected chi connectivity index (χ3v) is 2.62. The van der Waals surface area contributed by atoms with E-state index in [4.69, 9.17) is 0 Å². The minimum Gasteiger partial charge on any atom is -0.365 e. The Morgan fingerprint density at radius 3 is 2.42 bits per heavy atom. The van der Waals surface area contributed by atoms with Gasteiger partial charge in [0.1, 0.15) is 5.82 Å². The largest absolute Gasteiger partial charge is 0.451 e. The summed E-state index contributed by atoms with van der Waals surface area (Å²) in [4.78, 5) is 7.27. The van der Waals surface area contributed by atoms with Crippen molar-refractivity contribution in [3.8, 4) is 0 Å². The van der Waals surface area contributed by atoms with E-state index in [9.17, 15) is 13.2 Å². The molecule has 1 aromatic rings. The zero-order valence-corrected chi connectivity index (χ0v) is 11.1. The van der Waals surface area contributed by atoms with Crippen molar-refractivity contribution in [2.75, 3.05) is 5.32 Å². The van der Waals surface area contributed by atoms with Gasteiger partial charge >= 0.3 is 6.18 Å². The Morgan fingerprint density at radius 1 is 1.16 bits per heavy atom. The number of aromatic nitrogens is 2. The lowest BCUT2D eigenvalue weighted by molar-refractivity contribution is -0.144. The molecule has 0 amide bonds. The second-order valence-corrected chi connectivity index (χ2v) is 5.57. The summed E-state index contributed by atoms with van der Waals surface area (Å²) in [5.41, 5.74) is 0.761. The van der Waals surface area contributed by atoms with Gasteiger partial charge in [-0.3, -0.25) is 0 Å². The molecule has 3 nitrogen and oxygen atoms in total. The van der Waals surface area contributed by atoms with E-state index in [1.54, 1.807) is 6.08 Å². The average Bonchev–Trinajstić information content (AvgIpc) is 2.25. The highest BCUT2D eigenvalue weighted by atomic mass is 19.4. The number of nitrogens with one attached hydrogen (secondary N) is 1. The number of halogens is 3. The Morgan fingerprint density at radius 2 is 1.84 bits per heavy atom. The second kappa shape index (κ2) is 4.51. The number of fused-ring (bicyclic) bond motifs is 1. The van der Waals surface area contributed by atoms with E-state index in [0.717, 1.165) is 12.0 Å². The van der Waals surface area contributed by atoms with Crippen LogP contribution in [0.3, 0.4) is 0 Å². The molecule has 0 saturated heterocycles. The van der Waals surface area contributed by atoms with Crippen molar-refractivity contribution >= 4 is 11.9 Å². The standard InChI is InChI=1S/C13H16F3N3/c1-12(2,3)19-10-8-6-4-5-7-9(8)17-11(18-10)13(14,15)16/h5,7H,4,6H2,1-3H3,(H,17,18,19). The molecular formula is C13H16F3N3. The molecule has 1 aliphatic carbocycles. The van der Waals surface area contributed by atoms with Crippen LogP contribution in [0.15, 0.2) is 6.08 Å². The smallest absolute Gasteiger partial charge is 0.365 e. The topological polar surface area (TPSA) is 37.8 Å². The summed E-state index contributed by atoms with van der Waals surface area (Å²) in [6.07, 6.45) is 0.373. The van der Waals surface area contributed by atoms with Crippen molar-refractivity contribution in [2.24, 2.45) is 0 Å². The van der Waals surface area contributed by atoms with E-state index in [1.807, 2.05) is 26.8 Å². The Kier molecular flexibility index (Phi) is 3.28. The van der Waals surface area contributed by atoms with Gasteiger partial charge in [0.25, 0.3) is 0 Å². The Labute approximate surface area is 110 Å². The lowest BCUT2D eigenvalue weighted by Crippen LogP contribution is -2.29. The second-order valence-electron chi connectivity index (χ2n) is 5.57. The fourth-order valence-corrected chi connectivity index (χ4v) is 1.89. The zero-order chi connectivity index (χ0) is 14.3. The first-order chi connectivity index (χ1) is 8.67. The van der Waals surface area contributed by atoms with Crippen LogP contribution in [-0.4, -0.2) is 15.5 Å². The first kappa shape index (κ1) is 13.8. The highest BCUT2D eigenvalue weighted by Crippen LogP contribution is 2.32. The molecule has 2 rings (SSSR count). The van der Waals surface area contributed by atoms with Crippen LogP contribution in [0.1, 0.15) is 44.3 Å². The summed E-state index contributed by atoms with van der Waals surface area (Å²) >= 11 is 0. The third kappa shape index (κ3) is 3.24. The number of alkyl halides is 3. The molecule has 0 atom stereocenters. The number of anilines is 1.